The fourth-order valence-electron chi connectivity index (χ4n) is 2.40. The molecule has 0 radical (unpaired) electrons. The van der Waals surface area contributed by atoms with Gasteiger partial charge in [-0.25, -0.2) is 0 Å². The molecule has 1 aromatic carbocycles. The van der Waals surface area contributed by atoms with Gasteiger partial charge in [-0.15, -0.1) is 0 Å². The van der Waals surface area contributed by atoms with Crippen molar-refractivity contribution in [1.29, 1.82) is 0 Å². The minimum atomic E-state index is -0.517. The highest BCUT2D eigenvalue weighted by Crippen LogP contribution is 2.33. The highest BCUT2D eigenvalue weighted by molar-refractivity contribution is 9.10. The van der Waals surface area contributed by atoms with Gasteiger partial charge in [0.2, 0.25) is 5.91 Å². The van der Waals surface area contributed by atoms with Gasteiger partial charge in [-0.05, 0) is 41.9 Å². The highest BCUT2D eigenvalue weighted by atomic mass is 79.9. The van der Waals surface area contributed by atoms with Gasteiger partial charge in [-0.3, -0.25) is 4.79 Å². The van der Waals surface area contributed by atoms with Crippen molar-refractivity contribution in [2.75, 3.05) is 25.1 Å². The van der Waals surface area contributed by atoms with E-state index < -0.39 is 6.04 Å². The molecule has 1 aliphatic heterocycles. The van der Waals surface area contributed by atoms with E-state index in [0.717, 1.165) is 10.2 Å². The van der Waals surface area contributed by atoms with E-state index >= 15 is 0 Å². The predicted octanol–water partition coefficient (Wildman–Crippen LogP) is 1.87. The van der Waals surface area contributed by atoms with E-state index in [9.17, 15) is 9.90 Å². The number of carbonyl (C=O) groups is 1. The molecule has 1 amide bonds. The van der Waals surface area contributed by atoms with E-state index in [1.165, 1.54) is 0 Å². The lowest BCUT2D eigenvalue weighted by Crippen LogP contribution is -2.66. The van der Waals surface area contributed by atoms with Gasteiger partial charge in [-0.2, -0.15) is 0 Å². The van der Waals surface area contributed by atoms with Gasteiger partial charge in [0.05, 0.1) is 17.8 Å². The molecule has 4 nitrogen and oxygen atoms in total. The summed E-state index contributed by atoms with van der Waals surface area (Å²) in [5.74, 6) is -0.0468. The molecule has 1 N–H and O–H groups in total. The summed E-state index contributed by atoms with van der Waals surface area (Å²) in [7, 11) is 1.79. The minimum Gasteiger partial charge on any atom is -0.394 e. The molecule has 1 aliphatic rings. The Hall–Kier alpha value is -1.07. The molecule has 0 aromatic heterocycles. The van der Waals surface area contributed by atoms with Crippen molar-refractivity contribution in [2.45, 2.75) is 25.4 Å². The van der Waals surface area contributed by atoms with Crippen LogP contribution in [-0.4, -0.2) is 47.7 Å². The first-order valence-electron chi connectivity index (χ1n) is 6.28. The van der Waals surface area contributed by atoms with Crippen LogP contribution < -0.4 is 4.90 Å². The molecule has 1 fully saturated rings. The first kappa shape index (κ1) is 14.3. The van der Waals surface area contributed by atoms with Crippen molar-refractivity contribution in [3.63, 3.8) is 0 Å². The molecule has 1 saturated heterocycles. The third-order valence-electron chi connectivity index (χ3n) is 3.79. The Morgan fingerprint density at radius 2 is 2.05 bits per heavy atom. The van der Waals surface area contributed by atoms with Gasteiger partial charge in [0, 0.05) is 18.1 Å². The summed E-state index contributed by atoms with van der Waals surface area (Å²) in [6, 6.07) is 7.26. The second-order valence-corrected chi connectivity index (χ2v) is 6.34. The van der Waals surface area contributed by atoms with Crippen LogP contribution in [0.5, 0.6) is 0 Å². The molecule has 5 heteroatoms. The van der Waals surface area contributed by atoms with Crippen LogP contribution in [0.4, 0.5) is 5.69 Å². The number of hydrogen-bond donors (Lipinski definition) is 1. The Morgan fingerprint density at radius 1 is 1.42 bits per heavy atom. The van der Waals surface area contributed by atoms with Crippen molar-refractivity contribution in [2.24, 2.45) is 0 Å². The van der Waals surface area contributed by atoms with Crippen LogP contribution in [-0.2, 0) is 4.79 Å². The Morgan fingerprint density at radius 3 is 2.63 bits per heavy atom. The Labute approximate surface area is 122 Å². The first-order chi connectivity index (χ1) is 8.88. The molecule has 1 atom stereocenters. The van der Waals surface area contributed by atoms with E-state index in [-0.39, 0.29) is 18.1 Å². The number of aliphatic hydroxyl groups is 1. The van der Waals surface area contributed by atoms with E-state index in [0.29, 0.717) is 6.54 Å². The number of amides is 1. The molecule has 19 heavy (non-hydrogen) atoms. The normalized spacial score (nSPS) is 22.8. The van der Waals surface area contributed by atoms with Crippen LogP contribution in [0.2, 0.25) is 0 Å². The largest absolute Gasteiger partial charge is 0.394 e. The molecule has 1 aromatic rings. The molecule has 2 rings (SSSR count). The molecule has 0 saturated carbocycles. The van der Waals surface area contributed by atoms with Crippen molar-refractivity contribution in [1.82, 2.24) is 4.90 Å². The quantitative estimate of drug-likeness (QED) is 0.902. The molecule has 1 unspecified atom stereocenters. The average Bonchev–Trinajstić information content (AvgIpc) is 2.36. The molecule has 104 valence electrons. The van der Waals surface area contributed by atoms with E-state index in [2.05, 4.69) is 15.9 Å². The van der Waals surface area contributed by atoms with Crippen molar-refractivity contribution >= 4 is 27.5 Å². The fourth-order valence-corrected chi connectivity index (χ4v) is 2.92. The van der Waals surface area contributed by atoms with Crippen molar-refractivity contribution < 1.29 is 9.90 Å². The maximum absolute atomic E-state index is 12.4. The van der Waals surface area contributed by atoms with Crippen LogP contribution in [0.25, 0.3) is 0 Å². The lowest BCUT2D eigenvalue weighted by atomic mass is 9.95. The monoisotopic (exact) mass is 326 g/mol. The zero-order chi connectivity index (χ0) is 14.2. The van der Waals surface area contributed by atoms with Gasteiger partial charge in [0.1, 0.15) is 6.04 Å². The van der Waals surface area contributed by atoms with Crippen LogP contribution in [0.1, 0.15) is 13.8 Å². The number of aliphatic hydroxyl groups excluding tert-OH is 1. The summed E-state index contributed by atoms with van der Waals surface area (Å²) in [6.07, 6.45) is 0. The predicted molar refractivity (Wildman–Crippen MR) is 79.2 cm³/mol. The van der Waals surface area contributed by atoms with Crippen molar-refractivity contribution in [3.8, 4) is 0 Å². The number of piperazine rings is 1. The summed E-state index contributed by atoms with van der Waals surface area (Å²) < 4.78 is 0.932. The average molecular weight is 327 g/mol. The zero-order valence-corrected chi connectivity index (χ0v) is 13.0. The number of nitrogens with zero attached hydrogens (tertiary/aromatic N) is 2. The summed E-state index contributed by atoms with van der Waals surface area (Å²) in [5.41, 5.74) is 0.675. The number of anilines is 1. The second kappa shape index (κ2) is 5.13. The first-order valence-corrected chi connectivity index (χ1v) is 7.07. The number of para-hydroxylation sites is 1. The van der Waals surface area contributed by atoms with Crippen LogP contribution in [0.3, 0.4) is 0 Å². The Balaban J connectivity index is 2.43. The minimum absolute atomic E-state index is 0.0468. The third-order valence-corrected chi connectivity index (χ3v) is 4.46. The van der Waals surface area contributed by atoms with Crippen molar-refractivity contribution in [3.05, 3.63) is 28.7 Å². The lowest BCUT2D eigenvalue weighted by molar-refractivity contribution is -0.139. The second-order valence-electron chi connectivity index (χ2n) is 5.49. The smallest absolute Gasteiger partial charge is 0.247 e. The maximum atomic E-state index is 12.4. The van der Waals surface area contributed by atoms with Gasteiger partial charge in [0.15, 0.2) is 0 Å². The van der Waals surface area contributed by atoms with Gasteiger partial charge < -0.3 is 14.9 Å². The number of halogens is 1. The summed E-state index contributed by atoms with van der Waals surface area (Å²) >= 11 is 3.51. The third kappa shape index (κ3) is 2.49. The zero-order valence-electron chi connectivity index (χ0n) is 11.4. The van der Waals surface area contributed by atoms with E-state index in [1.54, 1.807) is 11.9 Å². The number of carbonyl (C=O) groups excluding carboxylic acids is 1. The Kier molecular flexibility index (Phi) is 3.87. The lowest BCUT2D eigenvalue weighted by Gasteiger charge is -2.49. The molecular formula is C14H19BrN2O2. The van der Waals surface area contributed by atoms with Gasteiger partial charge in [0.25, 0.3) is 0 Å². The number of hydrogen-bond acceptors (Lipinski definition) is 3. The van der Waals surface area contributed by atoms with Gasteiger partial charge in [-0.1, -0.05) is 12.1 Å². The standard InChI is InChI=1S/C14H19BrN2O2/c1-14(2)9-17(11-7-5-4-6-10(11)15)12(8-18)13(19)16(14)3/h4-7,12,18H,8-9H2,1-3H3. The maximum Gasteiger partial charge on any atom is 0.247 e. The molecule has 0 bridgehead atoms. The molecule has 0 spiro atoms. The fraction of sp³-hybridized carbons (Fsp3) is 0.500. The molecule has 0 aliphatic carbocycles. The molecular weight excluding hydrogens is 308 g/mol. The van der Waals surface area contributed by atoms with Crippen LogP contribution in [0.15, 0.2) is 28.7 Å². The SMILES string of the molecule is CN1C(=O)C(CO)N(c2ccccc2Br)CC1(C)C. The number of rotatable bonds is 2. The summed E-state index contributed by atoms with van der Waals surface area (Å²) in [5, 5.41) is 9.57. The van der Waals surface area contributed by atoms with E-state index in [4.69, 9.17) is 0 Å². The summed E-state index contributed by atoms with van der Waals surface area (Å²) in [6.45, 7) is 4.56. The van der Waals surface area contributed by atoms with Crippen LogP contribution >= 0.6 is 15.9 Å². The number of benzene rings is 1. The van der Waals surface area contributed by atoms with Crippen LogP contribution in [0, 0.1) is 0 Å². The highest BCUT2D eigenvalue weighted by Gasteiger charge is 2.42. The summed E-state index contributed by atoms with van der Waals surface area (Å²) in [4.78, 5) is 16.1. The van der Waals surface area contributed by atoms with E-state index in [1.807, 2.05) is 43.0 Å². The van der Waals surface area contributed by atoms with Gasteiger partial charge >= 0.3 is 0 Å². The molecule has 1 heterocycles. The number of likely N-dealkylation sites (N-methyl/N-ethyl adjacent to an activating group) is 1. The Bertz CT molecular complexity index is 490. The topological polar surface area (TPSA) is 43.8 Å².